The molecule has 0 aliphatic carbocycles. The molecule has 2 aromatic carbocycles. The van der Waals surface area contributed by atoms with Crippen molar-refractivity contribution in [3.05, 3.63) is 52.5 Å². The van der Waals surface area contributed by atoms with Gasteiger partial charge >= 0.3 is 0 Å². The summed E-state index contributed by atoms with van der Waals surface area (Å²) in [6, 6.07) is 9.94. The number of hydrogen-bond donors (Lipinski definition) is 1. The van der Waals surface area contributed by atoms with Crippen LogP contribution < -0.4 is 5.32 Å². The van der Waals surface area contributed by atoms with Crippen LogP contribution in [-0.2, 0) is 0 Å². The van der Waals surface area contributed by atoms with Gasteiger partial charge in [-0.05, 0) is 24.3 Å². The maximum atomic E-state index is 13.7. The third-order valence-electron chi connectivity index (χ3n) is 2.53. The fourth-order valence-corrected chi connectivity index (χ4v) is 2.97. The smallest absolute Gasteiger partial charge is 0.188 e. The van der Waals surface area contributed by atoms with Crippen LogP contribution in [-0.4, -0.2) is 4.98 Å². The van der Waals surface area contributed by atoms with Crippen molar-refractivity contribution < 1.29 is 8.78 Å². The molecule has 0 spiro atoms. The predicted molar refractivity (Wildman–Crippen MR) is 77.0 cm³/mol. The SMILES string of the molecule is Fc1cc(Br)cc(F)c1Nc1nc2ccccc2s1. The van der Waals surface area contributed by atoms with Crippen LogP contribution >= 0.6 is 27.3 Å². The summed E-state index contributed by atoms with van der Waals surface area (Å²) in [5.74, 6) is -1.32. The Balaban J connectivity index is 2.01. The van der Waals surface area contributed by atoms with Crippen LogP contribution in [0.2, 0.25) is 0 Å². The van der Waals surface area contributed by atoms with Gasteiger partial charge in [0.25, 0.3) is 0 Å². The van der Waals surface area contributed by atoms with Gasteiger partial charge in [-0.1, -0.05) is 39.4 Å². The monoisotopic (exact) mass is 340 g/mol. The Morgan fingerprint density at radius 1 is 1.11 bits per heavy atom. The molecule has 0 aliphatic rings. The average molecular weight is 341 g/mol. The molecule has 0 radical (unpaired) electrons. The van der Waals surface area contributed by atoms with E-state index in [1.807, 2.05) is 24.3 Å². The summed E-state index contributed by atoms with van der Waals surface area (Å²) < 4.78 is 28.7. The van der Waals surface area contributed by atoms with Crippen molar-refractivity contribution in [2.24, 2.45) is 0 Å². The van der Waals surface area contributed by atoms with E-state index in [2.05, 4.69) is 26.2 Å². The molecule has 0 atom stereocenters. The van der Waals surface area contributed by atoms with Crippen LogP contribution in [0.1, 0.15) is 0 Å². The van der Waals surface area contributed by atoms with E-state index in [1.165, 1.54) is 23.5 Å². The van der Waals surface area contributed by atoms with Crippen molar-refractivity contribution in [2.45, 2.75) is 0 Å². The first-order valence-corrected chi connectivity index (χ1v) is 7.01. The highest BCUT2D eigenvalue weighted by Crippen LogP contribution is 2.31. The molecule has 0 aliphatic heterocycles. The number of anilines is 2. The number of fused-ring (bicyclic) bond motifs is 1. The molecule has 0 amide bonds. The summed E-state index contributed by atoms with van der Waals surface area (Å²) >= 11 is 4.39. The van der Waals surface area contributed by atoms with E-state index in [1.54, 1.807) is 0 Å². The molecule has 96 valence electrons. The van der Waals surface area contributed by atoms with Crippen molar-refractivity contribution in [2.75, 3.05) is 5.32 Å². The number of rotatable bonds is 2. The van der Waals surface area contributed by atoms with Gasteiger partial charge in [0.15, 0.2) is 16.8 Å². The van der Waals surface area contributed by atoms with Gasteiger partial charge < -0.3 is 5.32 Å². The van der Waals surface area contributed by atoms with Gasteiger partial charge in [-0.3, -0.25) is 0 Å². The minimum Gasteiger partial charge on any atom is -0.327 e. The number of hydrogen-bond acceptors (Lipinski definition) is 3. The van der Waals surface area contributed by atoms with Crippen molar-refractivity contribution in [1.82, 2.24) is 4.98 Å². The lowest BCUT2D eigenvalue weighted by atomic mass is 10.3. The number of benzene rings is 2. The minimum absolute atomic E-state index is 0.192. The van der Waals surface area contributed by atoms with Crippen LogP contribution in [0.25, 0.3) is 10.2 Å². The molecule has 0 unspecified atom stereocenters. The molecular formula is C13H7BrF2N2S. The van der Waals surface area contributed by atoms with Gasteiger partial charge in [0.1, 0.15) is 5.69 Å². The highest BCUT2D eigenvalue weighted by atomic mass is 79.9. The van der Waals surface area contributed by atoms with Crippen LogP contribution in [0.15, 0.2) is 40.9 Å². The average Bonchev–Trinajstić information content (AvgIpc) is 2.76. The van der Waals surface area contributed by atoms with Crippen LogP contribution in [0, 0.1) is 11.6 Å². The number of para-hydroxylation sites is 1. The van der Waals surface area contributed by atoms with E-state index in [0.717, 1.165) is 10.2 Å². The van der Waals surface area contributed by atoms with Crippen molar-refractivity contribution >= 4 is 48.3 Å². The molecule has 19 heavy (non-hydrogen) atoms. The van der Waals surface area contributed by atoms with E-state index in [4.69, 9.17) is 0 Å². The molecule has 1 N–H and O–H groups in total. The molecule has 0 bridgehead atoms. The van der Waals surface area contributed by atoms with Crippen LogP contribution in [0.5, 0.6) is 0 Å². The van der Waals surface area contributed by atoms with E-state index in [9.17, 15) is 8.78 Å². The second-order valence-corrected chi connectivity index (χ2v) is 5.80. The van der Waals surface area contributed by atoms with Crippen LogP contribution in [0.3, 0.4) is 0 Å². The van der Waals surface area contributed by atoms with Gasteiger partial charge in [0, 0.05) is 4.47 Å². The molecule has 1 heterocycles. The zero-order valence-electron chi connectivity index (χ0n) is 9.45. The highest BCUT2D eigenvalue weighted by molar-refractivity contribution is 9.10. The van der Waals surface area contributed by atoms with Gasteiger partial charge in [0.05, 0.1) is 10.2 Å². The molecule has 0 saturated carbocycles. The Kier molecular flexibility index (Phi) is 3.20. The molecule has 2 nitrogen and oxygen atoms in total. The third-order valence-corrected chi connectivity index (χ3v) is 3.94. The van der Waals surface area contributed by atoms with E-state index in [-0.39, 0.29) is 5.69 Å². The Bertz CT molecular complexity index is 701. The summed E-state index contributed by atoms with van der Waals surface area (Å²) in [6.07, 6.45) is 0. The topological polar surface area (TPSA) is 24.9 Å². The summed E-state index contributed by atoms with van der Waals surface area (Å²) in [4.78, 5) is 4.28. The summed E-state index contributed by atoms with van der Waals surface area (Å²) in [6.45, 7) is 0. The van der Waals surface area contributed by atoms with Gasteiger partial charge in [0.2, 0.25) is 0 Å². The van der Waals surface area contributed by atoms with Gasteiger partial charge in [-0.2, -0.15) is 0 Å². The maximum absolute atomic E-state index is 13.7. The van der Waals surface area contributed by atoms with E-state index >= 15 is 0 Å². The number of halogens is 3. The Morgan fingerprint density at radius 3 is 2.47 bits per heavy atom. The lowest BCUT2D eigenvalue weighted by molar-refractivity contribution is 0.589. The fraction of sp³-hybridized carbons (Fsp3) is 0. The first-order chi connectivity index (χ1) is 9.13. The summed E-state index contributed by atoms with van der Waals surface area (Å²) in [7, 11) is 0. The zero-order chi connectivity index (χ0) is 13.4. The first kappa shape index (κ1) is 12.5. The quantitative estimate of drug-likeness (QED) is 0.703. The molecule has 3 aromatic rings. The van der Waals surface area contributed by atoms with Crippen molar-refractivity contribution in [3.8, 4) is 0 Å². The number of nitrogens with one attached hydrogen (secondary N) is 1. The minimum atomic E-state index is -0.661. The predicted octanol–water partition coefficient (Wildman–Crippen LogP) is 5.08. The second-order valence-electron chi connectivity index (χ2n) is 3.86. The van der Waals surface area contributed by atoms with Gasteiger partial charge in [-0.25, -0.2) is 13.8 Å². The number of aromatic nitrogens is 1. The number of nitrogens with zero attached hydrogens (tertiary/aromatic N) is 1. The molecular weight excluding hydrogens is 334 g/mol. The molecule has 0 saturated heterocycles. The maximum Gasteiger partial charge on any atom is 0.188 e. The normalized spacial score (nSPS) is 10.9. The molecule has 6 heteroatoms. The van der Waals surface area contributed by atoms with E-state index < -0.39 is 11.6 Å². The molecule has 1 aromatic heterocycles. The summed E-state index contributed by atoms with van der Waals surface area (Å²) in [5.41, 5.74) is 0.607. The summed E-state index contributed by atoms with van der Waals surface area (Å²) in [5, 5.41) is 3.15. The first-order valence-electron chi connectivity index (χ1n) is 5.40. The Labute approximate surface area is 120 Å². The Morgan fingerprint density at radius 2 is 1.79 bits per heavy atom. The molecule has 3 rings (SSSR count). The second kappa shape index (κ2) is 4.86. The van der Waals surface area contributed by atoms with Crippen molar-refractivity contribution in [3.63, 3.8) is 0 Å². The molecule has 0 fully saturated rings. The van der Waals surface area contributed by atoms with Crippen molar-refractivity contribution in [1.29, 1.82) is 0 Å². The highest BCUT2D eigenvalue weighted by Gasteiger charge is 2.12. The van der Waals surface area contributed by atoms with Gasteiger partial charge in [-0.15, -0.1) is 0 Å². The lowest BCUT2D eigenvalue weighted by Gasteiger charge is -2.06. The lowest BCUT2D eigenvalue weighted by Crippen LogP contribution is -1.97. The zero-order valence-corrected chi connectivity index (χ0v) is 11.9. The fourth-order valence-electron chi connectivity index (χ4n) is 1.69. The largest absolute Gasteiger partial charge is 0.327 e. The number of thiazole rings is 1. The van der Waals surface area contributed by atoms with Crippen LogP contribution in [0.4, 0.5) is 19.6 Å². The third kappa shape index (κ3) is 2.46. The standard InChI is InChI=1S/C13H7BrF2N2S/c14-7-5-8(15)12(9(16)6-7)18-13-17-10-3-1-2-4-11(10)19-13/h1-6H,(H,17,18). The van der Waals surface area contributed by atoms with E-state index in [0.29, 0.717) is 9.60 Å². The Hall–Kier alpha value is -1.53.